The Kier molecular flexibility index (Phi) is 4.27. The van der Waals surface area contributed by atoms with Crippen molar-refractivity contribution in [1.29, 1.82) is 0 Å². The fraction of sp³-hybridized carbons (Fsp3) is 0.200. The standard InChI is InChI=1S/C15H16N2O4/c1-9-10-6-7-16-12(10)5-4-11(9)17-13(15(19)21-3)8-14(18)20-2/h4-8,16-17H,1-3H3/b13-8+. The highest BCUT2D eigenvalue weighted by atomic mass is 16.5. The van der Waals surface area contributed by atoms with Gasteiger partial charge in [-0.3, -0.25) is 0 Å². The number of rotatable bonds is 4. The number of methoxy groups -OCH3 is 2. The average molecular weight is 288 g/mol. The van der Waals surface area contributed by atoms with Crippen LogP contribution in [0.2, 0.25) is 0 Å². The number of anilines is 1. The van der Waals surface area contributed by atoms with E-state index in [1.165, 1.54) is 14.2 Å². The molecule has 0 bridgehead atoms. The molecule has 0 aliphatic rings. The number of nitrogens with one attached hydrogen (secondary N) is 2. The summed E-state index contributed by atoms with van der Waals surface area (Å²) in [4.78, 5) is 26.2. The summed E-state index contributed by atoms with van der Waals surface area (Å²) >= 11 is 0. The van der Waals surface area contributed by atoms with Gasteiger partial charge in [0, 0.05) is 22.8 Å². The van der Waals surface area contributed by atoms with Gasteiger partial charge in [0.25, 0.3) is 0 Å². The van der Waals surface area contributed by atoms with E-state index in [1.807, 2.05) is 31.3 Å². The van der Waals surface area contributed by atoms with Gasteiger partial charge in [-0.1, -0.05) is 0 Å². The van der Waals surface area contributed by atoms with E-state index in [2.05, 4.69) is 19.8 Å². The lowest BCUT2D eigenvalue weighted by Crippen LogP contribution is -2.16. The lowest BCUT2D eigenvalue weighted by atomic mass is 10.1. The van der Waals surface area contributed by atoms with Crippen LogP contribution < -0.4 is 5.32 Å². The third-order valence-electron chi connectivity index (χ3n) is 3.14. The molecule has 0 unspecified atom stereocenters. The molecule has 0 saturated carbocycles. The normalized spacial score (nSPS) is 11.3. The Hall–Kier alpha value is -2.76. The van der Waals surface area contributed by atoms with Crippen molar-refractivity contribution in [3.05, 3.63) is 41.7 Å². The summed E-state index contributed by atoms with van der Waals surface area (Å²) in [5.74, 6) is -1.28. The first-order chi connectivity index (χ1) is 10.1. The maximum atomic E-state index is 11.7. The Balaban J connectivity index is 2.38. The second-order valence-electron chi connectivity index (χ2n) is 4.37. The minimum absolute atomic E-state index is 0.0161. The van der Waals surface area contributed by atoms with Gasteiger partial charge in [-0.05, 0) is 30.7 Å². The Morgan fingerprint density at radius 3 is 2.62 bits per heavy atom. The molecule has 0 aliphatic heterocycles. The van der Waals surface area contributed by atoms with Gasteiger partial charge in [-0.15, -0.1) is 0 Å². The number of esters is 2. The second-order valence-corrected chi connectivity index (χ2v) is 4.37. The molecule has 2 N–H and O–H groups in total. The molecule has 0 amide bonds. The number of ether oxygens (including phenoxy) is 2. The Morgan fingerprint density at radius 2 is 1.95 bits per heavy atom. The molecule has 0 fully saturated rings. The van der Waals surface area contributed by atoms with Crippen LogP contribution in [0.25, 0.3) is 10.9 Å². The largest absolute Gasteiger partial charge is 0.466 e. The fourth-order valence-electron chi connectivity index (χ4n) is 2.00. The maximum absolute atomic E-state index is 11.7. The van der Waals surface area contributed by atoms with E-state index in [4.69, 9.17) is 0 Å². The number of hydrogen-bond acceptors (Lipinski definition) is 5. The predicted molar refractivity (Wildman–Crippen MR) is 78.8 cm³/mol. The highest BCUT2D eigenvalue weighted by Gasteiger charge is 2.14. The van der Waals surface area contributed by atoms with E-state index >= 15 is 0 Å². The first kappa shape index (κ1) is 14.6. The van der Waals surface area contributed by atoms with Crippen molar-refractivity contribution < 1.29 is 19.1 Å². The van der Waals surface area contributed by atoms with E-state index in [1.54, 1.807) is 0 Å². The minimum Gasteiger partial charge on any atom is -0.466 e. The Bertz CT molecular complexity index is 716. The molecule has 0 radical (unpaired) electrons. The Morgan fingerprint density at radius 1 is 1.19 bits per heavy atom. The van der Waals surface area contributed by atoms with Gasteiger partial charge in [-0.25, -0.2) is 9.59 Å². The first-order valence-corrected chi connectivity index (χ1v) is 6.28. The molecule has 1 aromatic carbocycles. The number of aryl methyl sites for hydroxylation is 1. The molecule has 2 rings (SSSR count). The summed E-state index contributed by atoms with van der Waals surface area (Å²) in [6.45, 7) is 1.92. The quantitative estimate of drug-likeness (QED) is 0.665. The van der Waals surface area contributed by atoms with Crippen LogP contribution in [0.3, 0.4) is 0 Å². The van der Waals surface area contributed by atoms with Gasteiger partial charge in [-0.2, -0.15) is 0 Å². The molecule has 6 nitrogen and oxygen atoms in total. The lowest BCUT2D eigenvalue weighted by Gasteiger charge is -2.12. The van der Waals surface area contributed by atoms with Gasteiger partial charge < -0.3 is 19.8 Å². The predicted octanol–water partition coefficient (Wildman–Crippen LogP) is 2.12. The number of hydrogen-bond donors (Lipinski definition) is 2. The van der Waals surface area contributed by atoms with Crippen molar-refractivity contribution in [2.24, 2.45) is 0 Å². The fourth-order valence-corrected chi connectivity index (χ4v) is 2.00. The number of aromatic nitrogens is 1. The molecular weight excluding hydrogens is 272 g/mol. The van der Waals surface area contributed by atoms with E-state index in [-0.39, 0.29) is 5.70 Å². The maximum Gasteiger partial charge on any atom is 0.354 e. The highest BCUT2D eigenvalue weighted by molar-refractivity contribution is 5.99. The van der Waals surface area contributed by atoms with Crippen LogP contribution in [-0.4, -0.2) is 31.1 Å². The van der Waals surface area contributed by atoms with E-state index in [0.717, 1.165) is 22.5 Å². The topological polar surface area (TPSA) is 80.4 Å². The van der Waals surface area contributed by atoms with Crippen LogP contribution in [0.4, 0.5) is 5.69 Å². The summed E-state index contributed by atoms with van der Waals surface area (Å²) in [6, 6.07) is 5.65. The molecule has 0 atom stereocenters. The zero-order valence-electron chi connectivity index (χ0n) is 12.0. The minimum atomic E-state index is -0.644. The Labute approximate surface area is 121 Å². The van der Waals surface area contributed by atoms with Gasteiger partial charge >= 0.3 is 11.9 Å². The van der Waals surface area contributed by atoms with Crippen LogP contribution in [0.1, 0.15) is 5.56 Å². The van der Waals surface area contributed by atoms with E-state index in [0.29, 0.717) is 5.69 Å². The zero-order valence-corrected chi connectivity index (χ0v) is 12.0. The highest BCUT2D eigenvalue weighted by Crippen LogP contribution is 2.25. The number of aromatic amines is 1. The van der Waals surface area contributed by atoms with Crippen LogP contribution in [0, 0.1) is 6.92 Å². The van der Waals surface area contributed by atoms with Crippen LogP contribution >= 0.6 is 0 Å². The zero-order chi connectivity index (χ0) is 15.4. The lowest BCUT2D eigenvalue weighted by molar-refractivity contribution is -0.138. The van der Waals surface area contributed by atoms with Crippen LogP contribution in [0.5, 0.6) is 0 Å². The third kappa shape index (κ3) is 3.05. The number of benzene rings is 1. The molecule has 21 heavy (non-hydrogen) atoms. The van der Waals surface area contributed by atoms with Gasteiger partial charge in [0.15, 0.2) is 0 Å². The van der Waals surface area contributed by atoms with Crippen molar-refractivity contribution in [1.82, 2.24) is 4.98 Å². The van der Waals surface area contributed by atoms with Gasteiger partial charge in [0.05, 0.1) is 20.3 Å². The van der Waals surface area contributed by atoms with Gasteiger partial charge in [0.1, 0.15) is 5.70 Å². The molecule has 1 aromatic heterocycles. The summed E-state index contributed by atoms with van der Waals surface area (Å²) in [5.41, 5.74) is 2.67. The molecule has 0 spiro atoms. The summed E-state index contributed by atoms with van der Waals surface area (Å²) in [6.07, 6.45) is 2.90. The van der Waals surface area contributed by atoms with Crippen LogP contribution in [0.15, 0.2) is 36.2 Å². The number of carbonyl (C=O) groups is 2. The smallest absolute Gasteiger partial charge is 0.354 e. The molecule has 110 valence electrons. The summed E-state index contributed by atoms with van der Waals surface area (Å²) < 4.78 is 9.19. The van der Waals surface area contributed by atoms with Crippen molar-refractivity contribution in [3.8, 4) is 0 Å². The number of H-pyrrole nitrogens is 1. The van der Waals surface area contributed by atoms with Crippen molar-refractivity contribution in [2.75, 3.05) is 19.5 Å². The average Bonchev–Trinajstić information content (AvgIpc) is 2.97. The third-order valence-corrected chi connectivity index (χ3v) is 3.14. The monoisotopic (exact) mass is 288 g/mol. The summed E-state index contributed by atoms with van der Waals surface area (Å²) in [7, 11) is 2.49. The molecule has 0 saturated heterocycles. The first-order valence-electron chi connectivity index (χ1n) is 6.28. The van der Waals surface area contributed by atoms with E-state index in [9.17, 15) is 9.59 Å². The molecule has 2 aromatic rings. The van der Waals surface area contributed by atoms with Crippen molar-refractivity contribution >= 4 is 28.5 Å². The van der Waals surface area contributed by atoms with Crippen LogP contribution in [-0.2, 0) is 19.1 Å². The molecule has 1 heterocycles. The summed E-state index contributed by atoms with van der Waals surface area (Å²) in [5, 5.41) is 3.95. The molecular formula is C15H16N2O4. The van der Waals surface area contributed by atoms with E-state index < -0.39 is 11.9 Å². The van der Waals surface area contributed by atoms with Crippen molar-refractivity contribution in [2.45, 2.75) is 6.92 Å². The molecule has 0 aliphatic carbocycles. The number of fused-ring (bicyclic) bond motifs is 1. The van der Waals surface area contributed by atoms with Gasteiger partial charge in [0.2, 0.25) is 0 Å². The van der Waals surface area contributed by atoms with Crippen molar-refractivity contribution in [3.63, 3.8) is 0 Å². The molecule has 6 heteroatoms. The number of carbonyl (C=O) groups excluding carboxylic acids is 2. The SMILES string of the molecule is COC(=O)/C=C(/Nc1ccc2[nH]ccc2c1C)C(=O)OC. The second kappa shape index (κ2) is 6.13.